The van der Waals surface area contributed by atoms with Crippen molar-refractivity contribution < 1.29 is 27.1 Å². The zero-order chi connectivity index (χ0) is 22.8. The van der Waals surface area contributed by atoms with Crippen LogP contribution in [0.1, 0.15) is 24.8 Å². The molecule has 1 aromatic carbocycles. The van der Waals surface area contributed by atoms with Crippen molar-refractivity contribution in [2.24, 2.45) is 7.05 Å². The molecule has 7 nitrogen and oxygen atoms in total. The van der Waals surface area contributed by atoms with Crippen LogP contribution in [0, 0.1) is 11.6 Å². The third-order valence-electron chi connectivity index (χ3n) is 6.27. The second-order valence-corrected chi connectivity index (χ2v) is 8.31. The first-order chi connectivity index (χ1) is 15.1. The molecule has 2 aromatic heterocycles. The molecule has 0 atom stereocenters. The van der Waals surface area contributed by atoms with E-state index in [-0.39, 0.29) is 34.7 Å². The van der Waals surface area contributed by atoms with Gasteiger partial charge in [0.25, 0.3) is 0 Å². The molecule has 0 bridgehead atoms. The van der Waals surface area contributed by atoms with E-state index < -0.39 is 34.7 Å². The first kappa shape index (κ1) is 23.4. The highest BCUT2D eigenvalue weighted by atomic mass is 35.5. The summed E-state index contributed by atoms with van der Waals surface area (Å²) in [5, 5.41) is 17.5. The monoisotopic (exact) mass is 490 g/mol. The number of hydrogen-bond acceptors (Lipinski definition) is 6. The fourth-order valence-corrected chi connectivity index (χ4v) is 4.45. The minimum Gasteiger partial charge on any atom is -0.503 e. The van der Waals surface area contributed by atoms with Gasteiger partial charge in [-0.25, -0.2) is 18.4 Å². The van der Waals surface area contributed by atoms with E-state index in [0.29, 0.717) is 18.6 Å². The van der Waals surface area contributed by atoms with Gasteiger partial charge < -0.3 is 15.3 Å². The molecule has 2 aliphatic rings. The predicted molar refractivity (Wildman–Crippen MR) is 112 cm³/mol. The molecule has 0 amide bonds. The van der Waals surface area contributed by atoms with Gasteiger partial charge in [-0.1, -0.05) is 0 Å². The number of hydrogen-bond donors (Lipinski definition) is 2. The number of nitrogens with zero attached hydrogens (tertiary/aromatic N) is 5. The molecule has 2 N–H and O–H groups in total. The van der Waals surface area contributed by atoms with Crippen LogP contribution in [0.4, 0.5) is 27.9 Å². The third-order valence-corrected chi connectivity index (χ3v) is 6.27. The van der Waals surface area contributed by atoms with Crippen molar-refractivity contribution in [1.29, 1.82) is 0 Å². The standard InChI is InChI=1S/C20H19F5N6O.ClH/c1-30-17-11(8-26-18(28-17)31-6-5-27-19(9-31)3-2-4-19)15(29-30)10-7-12(20(23,24)25)14(22)16(32)13(10)21;/h7-8,27,32H,2-6,9H2,1H3;1H. The molecule has 2 fully saturated rings. The van der Waals surface area contributed by atoms with Gasteiger partial charge in [0.05, 0.1) is 10.9 Å². The molecule has 1 saturated heterocycles. The highest BCUT2D eigenvalue weighted by molar-refractivity contribution is 5.91. The van der Waals surface area contributed by atoms with E-state index in [4.69, 9.17) is 0 Å². The molecular weight excluding hydrogens is 471 g/mol. The molecule has 0 radical (unpaired) electrons. The Bertz CT molecular complexity index is 1230. The number of halogens is 6. The van der Waals surface area contributed by atoms with Crippen LogP contribution < -0.4 is 10.2 Å². The smallest absolute Gasteiger partial charge is 0.419 e. The lowest BCUT2D eigenvalue weighted by atomic mass is 9.75. The molecule has 3 heterocycles. The molecule has 1 spiro atoms. The maximum absolute atomic E-state index is 14.6. The normalized spacial score (nSPS) is 17.8. The molecule has 178 valence electrons. The number of aromatic nitrogens is 4. The molecule has 5 rings (SSSR count). The quantitative estimate of drug-likeness (QED) is 0.532. The lowest BCUT2D eigenvalue weighted by Gasteiger charge is -2.49. The fraction of sp³-hybridized carbons (Fsp3) is 0.450. The Kier molecular flexibility index (Phi) is 5.64. The van der Waals surface area contributed by atoms with Crippen molar-refractivity contribution in [3.63, 3.8) is 0 Å². The van der Waals surface area contributed by atoms with E-state index in [2.05, 4.69) is 20.4 Å². The van der Waals surface area contributed by atoms with Crippen molar-refractivity contribution in [2.75, 3.05) is 24.5 Å². The number of rotatable bonds is 2. The molecule has 3 aromatic rings. The Morgan fingerprint density at radius 3 is 2.55 bits per heavy atom. The van der Waals surface area contributed by atoms with E-state index in [1.165, 1.54) is 17.9 Å². The number of alkyl halides is 3. The number of benzene rings is 1. The number of phenolic OH excluding ortho intramolecular Hbond substituents is 1. The van der Waals surface area contributed by atoms with Gasteiger partial charge in [-0.2, -0.15) is 23.3 Å². The van der Waals surface area contributed by atoms with Gasteiger partial charge in [0.1, 0.15) is 5.69 Å². The van der Waals surface area contributed by atoms with Crippen LogP contribution in [0.3, 0.4) is 0 Å². The van der Waals surface area contributed by atoms with Crippen molar-refractivity contribution in [3.05, 3.63) is 29.5 Å². The minimum absolute atomic E-state index is 0. The summed E-state index contributed by atoms with van der Waals surface area (Å²) in [6.45, 7) is 2.20. The molecule has 33 heavy (non-hydrogen) atoms. The number of nitrogens with one attached hydrogen (secondary N) is 1. The van der Waals surface area contributed by atoms with Crippen LogP contribution in [0.25, 0.3) is 22.3 Å². The number of anilines is 1. The summed E-state index contributed by atoms with van der Waals surface area (Å²) < 4.78 is 69.3. The Balaban J connectivity index is 0.00000259. The zero-order valence-corrected chi connectivity index (χ0v) is 18.2. The maximum Gasteiger partial charge on any atom is 0.419 e. The predicted octanol–water partition coefficient (Wildman–Crippen LogP) is 3.79. The summed E-state index contributed by atoms with van der Waals surface area (Å²) in [6, 6.07) is 0.302. The summed E-state index contributed by atoms with van der Waals surface area (Å²) in [7, 11) is 1.51. The van der Waals surface area contributed by atoms with Crippen LogP contribution in [-0.4, -0.2) is 50.0 Å². The number of aryl methyl sites for hydroxylation is 1. The average molecular weight is 491 g/mol. The average Bonchev–Trinajstić information content (AvgIpc) is 3.06. The third kappa shape index (κ3) is 3.74. The van der Waals surface area contributed by atoms with Crippen LogP contribution in [0.5, 0.6) is 5.75 Å². The number of fused-ring (bicyclic) bond motifs is 1. The largest absolute Gasteiger partial charge is 0.503 e. The highest BCUT2D eigenvalue weighted by Crippen LogP contribution is 2.41. The van der Waals surface area contributed by atoms with Gasteiger partial charge in [0.2, 0.25) is 5.95 Å². The van der Waals surface area contributed by atoms with Gasteiger partial charge in [0.15, 0.2) is 23.0 Å². The molecule has 1 aliphatic heterocycles. The Morgan fingerprint density at radius 1 is 1.18 bits per heavy atom. The van der Waals surface area contributed by atoms with Gasteiger partial charge in [0, 0.05) is 44.0 Å². The fourth-order valence-electron chi connectivity index (χ4n) is 4.45. The number of phenols is 1. The van der Waals surface area contributed by atoms with Gasteiger partial charge >= 0.3 is 6.18 Å². The summed E-state index contributed by atoms with van der Waals surface area (Å²) in [5.74, 6) is -4.87. The minimum atomic E-state index is -5.13. The topological polar surface area (TPSA) is 79.1 Å². The SMILES string of the molecule is Cl.Cn1nc(-c2cc(C(F)(F)F)c(F)c(O)c2F)c2cnc(N3CCNC4(CCC4)C3)nc21. The second-order valence-electron chi connectivity index (χ2n) is 8.31. The Hall–Kier alpha value is -2.73. The van der Waals surface area contributed by atoms with Gasteiger partial charge in [-0.05, 0) is 25.3 Å². The summed E-state index contributed by atoms with van der Waals surface area (Å²) >= 11 is 0. The van der Waals surface area contributed by atoms with Crippen LogP contribution in [0.15, 0.2) is 12.3 Å². The summed E-state index contributed by atoms with van der Waals surface area (Å²) in [6.07, 6.45) is -0.477. The molecule has 0 unspecified atom stereocenters. The Labute approximate surface area is 191 Å². The van der Waals surface area contributed by atoms with E-state index >= 15 is 0 Å². The zero-order valence-electron chi connectivity index (χ0n) is 17.4. The van der Waals surface area contributed by atoms with Crippen molar-refractivity contribution in [3.8, 4) is 17.0 Å². The van der Waals surface area contributed by atoms with Crippen LogP contribution in [0.2, 0.25) is 0 Å². The van der Waals surface area contributed by atoms with E-state index in [1.54, 1.807) is 0 Å². The van der Waals surface area contributed by atoms with Crippen molar-refractivity contribution >= 4 is 29.4 Å². The Morgan fingerprint density at radius 2 is 1.91 bits per heavy atom. The maximum atomic E-state index is 14.6. The molecular formula is C20H20ClF5N6O. The lowest BCUT2D eigenvalue weighted by molar-refractivity contribution is -0.140. The number of piperazine rings is 1. The van der Waals surface area contributed by atoms with Crippen molar-refractivity contribution in [2.45, 2.75) is 31.0 Å². The van der Waals surface area contributed by atoms with Gasteiger partial charge in [-0.3, -0.25) is 0 Å². The summed E-state index contributed by atoms with van der Waals surface area (Å²) in [4.78, 5) is 10.9. The highest BCUT2D eigenvalue weighted by Gasteiger charge is 2.41. The van der Waals surface area contributed by atoms with Crippen LogP contribution in [-0.2, 0) is 13.2 Å². The summed E-state index contributed by atoms with van der Waals surface area (Å²) in [5.41, 5.74) is -2.36. The molecule has 1 saturated carbocycles. The van der Waals surface area contributed by atoms with Crippen LogP contribution >= 0.6 is 12.4 Å². The van der Waals surface area contributed by atoms with E-state index in [9.17, 15) is 27.1 Å². The van der Waals surface area contributed by atoms with E-state index in [0.717, 1.165) is 32.4 Å². The second kappa shape index (κ2) is 7.94. The first-order valence-electron chi connectivity index (χ1n) is 10.1. The lowest BCUT2D eigenvalue weighted by Crippen LogP contribution is -2.64. The number of aromatic hydroxyl groups is 1. The van der Waals surface area contributed by atoms with E-state index in [1.807, 2.05) is 4.90 Å². The van der Waals surface area contributed by atoms with Gasteiger partial charge in [-0.15, -0.1) is 12.4 Å². The molecule has 13 heteroatoms. The first-order valence-corrected chi connectivity index (χ1v) is 10.1. The van der Waals surface area contributed by atoms with Crippen molar-refractivity contribution in [1.82, 2.24) is 25.1 Å². The molecule has 1 aliphatic carbocycles.